The number of rotatable bonds is 4. The standard InChI is InChI=1S/C24H28FN3O3/c1-26-22(29)12-11-19(23(26)17-7-9-18(31-2)10-8-17)24(30)28-15-13-27(14-16-28)21-6-4-3-5-20(21)25/h3-10,19,23H,11-16H2,1-2H3. The fraction of sp³-hybridized carbons (Fsp3) is 0.417. The second kappa shape index (κ2) is 8.96. The van der Waals surface area contributed by atoms with E-state index in [1.165, 1.54) is 6.07 Å². The van der Waals surface area contributed by atoms with E-state index in [0.29, 0.717) is 44.7 Å². The van der Waals surface area contributed by atoms with Crippen molar-refractivity contribution in [1.82, 2.24) is 9.80 Å². The Morgan fingerprint density at radius 3 is 2.35 bits per heavy atom. The lowest BCUT2D eigenvalue weighted by Crippen LogP contribution is -2.53. The largest absolute Gasteiger partial charge is 0.497 e. The van der Waals surface area contributed by atoms with Crippen LogP contribution in [-0.4, -0.2) is 62.0 Å². The Kier molecular flexibility index (Phi) is 6.11. The third-order valence-electron chi connectivity index (χ3n) is 6.42. The summed E-state index contributed by atoms with van der Waals surface area (Å²) in [6.07, 6.45) is 0.904. The summed E-state index contributed by atoms with van der Waals surface area (Å²) < 4.78 is 19.4. The molecular weight excluding hydrogens is 397 g/mol. The number of nitrogens with zero attached hydrogens (tertiary/aromatic N) is 3. The van der Waals surface area contributed by atoms with Crippen molar-refractivity contribution in [2.24, 2.45) is 5.92 Å². The van der Waals surface area contributed by atoms with Crippen molar-refractivity contribution in [1.29, 1.82) is 0 Å². The van der Waals surface area contributed by atoms with Crippen LogP contribution < -0.4 is 9.64 Å². The van der Waals surface area contributed by atoms with Crippen LogP contribution in [0.5, 0.6) is 5.75 Å². The molecule has 4 rings (SSSR count). The predicted molar refractivity (Wildman–Crippen MR) is 116 cm³/mol. The molecule has 2 aliphatic rings. The Morgan fingerprint density at radius 2 is 1.71 bits per heavy atom. The van der Waals surface area contributed by atoms with E-state index in [1.807, 2.05) is 40.1 Å². The molecule has 0 aromatic heterocycles. The maximum atomic E-state index is 14.1. The predicted octanol–water partition coefficient (Wildman–Crippen LogP) is 3.09. The molecule has 6 nitrogen and oxygen atoms in total. The van der Waals surface area contributed by atoms with Crippen LogP contribution in [0.3, 0.4) is 0 Å². The molecule has 164 valence electrons. The van der Waals surface area contributed by atoms with E-state index in [9.17, 15) is 14.0 Å². The molecule has 2 fully saturated rings. The van der Waals surface area contributed by atoms with E-state index in [2.05, 4.69) is 0 Å². The topological polar surface area (TPSA) is 53.1 Å². The second-order valence-corrected chi connectivity index (χ2v) is 8.13. The molecule has 2 amide bonds. The van der Waals surface area contributed by atoms with E-state index >= 15 is 0 Å². The van der Waals surface area contributed by atoms with Crippen LogP contribution in [0.15, 0.2) is 48.5 Å². The molecule has 31 heavy (non-hydrogen) atoms. The summed E-state index contributed by atoms with van der Waals surface area (Å²) in [5, 5.41) is 0. The Labute approximate surface area is 182 Å². The number of anilines is 1. The van der Waals surface area contributed by atoms with Crippen molar-refractivity contribution < 1.29 is 18.7 Å². The van der Waals surface area contributed by atoms with Crippen molar-refractivity contribution in [2.75, 3.05) is 45.2 Å². The fourth-order valence-corrected chi connectivity index (χ4v) is 4.66. The van der Waals surface area contributed by atoms with Gasteiger partial charge in [-0.3, -0.25) is 9.59 Å². The first kappa shape index (κ1) is 21.2. The van der Waals surface area contributed by atoms with Gasteiger partial charge in [0.2, 0.25) is 11.8 Å². The number of carbonyl (C=O) groups is 2. The van der Waals surface area contributed by atoms with Gasteiger partial charge in [-0.1, -0.05) is 24.3 Å². The van der Waals surface area contributed by atoms with E-state index in [0.717, 1.165) is 11.3 Å². The molecule has 2 aliphatic heterocycles. The zero-order valence-corrected chi connectivity index (χ0v) is 18.0. The van der Waals surface area contributed by atoms with Crippen LogP contribution in [0, 0.1) is 11.7 Å². The smallest absolute Gasteiger partial charge is 0.228 e. The van der Waals surface area contributed by atoms with Gasteiger partial charge in [-0.05, 0) is 36.2 Å². The Hall–Kier alpha value is -3.09. The van der Waals surface area contributed by atoms with Crippen LogP contribution >= 0.6 is 0 Å². The zero-order valence-electron chi connectivity index (χ0n) is 18.0. The normalized spacial score (nSPS) is 21.9. The van der Waals surface area contributed by atoms with Gasteiger partial charge in [0, 0.05) is 39.6 Å². The number of hydrogen-bond donors (Lipinski definition) is 0. The monoisotopic (exact) mass is 425 g/mol. The van der Waals surface area contributed by atoms with Crippen LogP contribution in [0.25, 0.3) is 0 Å². The number of piperidine rings is 1. The minimum Gasteiger partial charge on any atom is -0.497 e. The maximum absolute atomic E-state index is 14.1. The fourth-order valence-electron chi connectivity index (χ4n) is 4.66. The molecule has 0 aliphatic carbocycles. The molecule has 7 heteroatoms. The number of ether oxygens (including phenoxy) is 1. The molecule has 0 radical (unpaired) electrons. The molecule has 2 atom stereocenters. The van der Waals surface area contributed by atoms with Crippen molar-refractivity contribution in [3.8, 4) is 5.75 Å². The minimum absolute atomic E-state index is 0.0502. The Bertz CT molecular complexity index is 941. The maximum Gasteiger partial charge on any atom is 0.228 e. The van der Waals surface area contributed by atoms with E-state index in [4.69, 9.17) is 4.74 Å². The molecule has 0 N–H and O–H groups in total. The third kappa shape index (κ3) is 4.22. The van der Waals surface area contributed by atoms with Gasteiger partial charge in [-0.25, -0.2) is 4.39 Å². The lowest BCUT2D eigenvalue weighted by atomic mass is 9.83. The highest BCUT2D eigenvalue weighted by atomic mass is 19.1. The average Bonchev–Trinajstić information content (AvgIpc) is 2.81. The van der Waals surface area contributed by atoms with Crippen LogP contribution in [0.4, 0.5) is 10.1 Å². The third-order valence-corrected chi connectivity index (χ3v) is 6.42. The molecule has 2 heterocycles. The molecule has 0 spiro atoms. The van der Waals surface area contributed by atoms with Gasteiger partial charge in [-0.2, -0.15) is 0 Å². The number of amides is 2. The number of para-hydroxylation sites is 1. The summed E-state index contributed by atoms with van der Waals surface area (Å²) in [6.45, 7) is 2.25. The lowest BCUT2D eigenvalue weighted by Gasteiger charge is -2.43. The quantitative estimate of drug-likeness (QED) is 0.756. The summed E-state index contributed by atoms with van der Waals surface area (Å²) in [6, 6.07) is 14.0. The minimum atomic E-state index is -0.302. The second-order valence-electron chi connectivity index (χ2n) is 8.13. The highest BCUT2D eigenvalue weighted by molar-refractivity contribution is 5.85. The van der Waals surface area contributed by atoms with Gasteiger partial charge >= 0.3 is 0 Å². The number of halogens is 1. The van der Waals surface area contributed by atoms with Crippen LogP contribution in [0.1, 0.15) is 24.4 Å². The molecule has 0 bridgehead atoms. The summed E-state index contributed by atoms with van der Waals surface area (Å²) in [4.78, 5) is 31.4. The van der Waals surface area contributed by atoms with Crippen molar-refractivity contribution in [2.45, 2.75) is 18.9 Å². The first-order valence-electron chi connectivity index (χ1n) is 10.7. The number of benzene rings is 2. The molecule has 2 unspecified atom stereocenters. The molecule has 2 aromatic carbocycles. The lowest BCUT2D eigenvalue weighted by molar-refractivity contribution is -0.146. The number of piperazine rings is 1. The van der Waals surface area contributed by atoms with Crippen LogP contribution in [-0.2, 0) is 9.59 Å². The highest BCUT2D eigenvalue weighted by Crippen LogP contribution is 2.37. The van der Waals surface area contributed by atoms with Gasteiger partial charge < -0.3 is 19.4 Å². The molecule has 2 aromatic rings. The number of methoxy groups -OCH3 is 1. The first-order chi connectivity index (χ1) is 15.0. The number of hydrogen-bond acceptors (Lipinski definition) is 4. The SMILES string of the molecule is COc1ccc(C2C(C(=O)N3CCN(c4ccccc4F)CC3)CCC(=O)N2C)cc1. The number of likely N-dealkylation sites (tertiary alicyclic amines) is 1. The number of carbonyl (C=O) groups excluding carboxylic acids is 2. The zero-order chi connectivity index (χ0) is 22.0. The van der Waals surface area contributed by atoms with Crippen molar-refractivity contribution >= 4 is 17.5 Å². The summed E-state index contributed by atoms with van der Waals surface area (Å²) >= 11 is 0. The van der Waals surface area contributed by atoms with Gasteiger partial charge in [0.1, 0.15) is 11.6 Å². The Morgan fingerprint density at radius 1 is 1.03 bits per heavy atom. The van der Waals surface area contributed by atoms with E-state index in [-0.39, 0.29) is 29.6 Å². The van der Waals surface area contributed by atoms with Gasteiger partial charge in [0.25, 0.3) is 0 Å². The van der Waals surface area contributed by atoms with Gasteiger partial charge in [0.15, 0.2) is 0 Å². The molecule has 2 saturated heterocycles. The summed E-state index contributed by atoms with van der Waals surface area (Å²) in [5.41, 5.74) is 1.51. The van der Waals surface area contributed by atoms with Gasteiger partial charge in [-0.15, -0.1) is 0 Å². The first-order valence-corrected chi connectivity index (χ1v) is 10.7. The Balaban J connectivity index is 1.49. The van der Waals surface area contributed by atoms with Gasteiger partial charge in [0.05, 0.1) is 24.8 Å². The van der Waals surface area contributed by atoms with E-state index < -0.39 is 0 Å². The summed E-state index contributed by atoms with van der Waals surface area (Å²) in [7, 11) is 3.38. The molecular formula is C24H28FN3O3. The van der Waals surface area contributed by atoms with Crippen LogP contribution in [0.2, 0.25) is 0 Å². The van der Waals surface area contributed by atoms with Crippen molar-refractivity contribution in [3.05, 3.63) is 59.9 Å². The molecule has 0 saturated carbocycles. The highest BCUT2D eigenvalue weighted by Gasteiger charge is 2.41. The van der Waals surface area contributed by atoms with Crippen molar-refractivity contribution in [3.63, 3.8) is 0 Å². The average molecular weight is 426 g/mol. The van der Waals surface area contributed by atoms with E-state index in [1.54, 1.807) is 31.2 Å². The summed E-state index contributed by atoms with van der Waals surface area (Å²) in [5.74, 6) is 0.314.